The summed E-state index contributed by atoms with van der Waals surface area (Å²) >= 11 is 0. The maximum atomic E-state index is 13.9. The molecular formula is C9H3F15N2O2. The second-order valence-electron chi connectivity index (χ2n) is 4.97. The molecule has 0 N–H and O–H groups in total. The first-order valence-corrected chi connectivity index (χ1v) is 6.00. The summed E-state index contributed by atoms with van der Waals surface area (Å²) in [5.74, 6) is -3.94. The molecule has 1 rings (SSSR count). The lowest BCUT2D eigenvalue weighted by Crippen LogP contribution is -2.85. The van der Waals surface area contributed by atoms with Gasteiger partial charge in [0, 0.05) is 0 Å². The van der Waals surface area contributed by atoms with Crippen molar-refractivity contribution in [3.05, 3.63) is 0 Å². The predicted octanol–water partition coefficient (Wildman–Crippen LogP) is 3.90. The van der Waals surface area contributed by atoms with Gasteiger partial charge >= 0.3 is 48.0 Å². The number of ether oxygens (including phenoxy) is 1. The number of nitrogens with zero attached hydrogens (tertiary/aromatic N) is 2. The third-order valence-electron chi connectivity index (χ3n) is 3.33. The van der Waals surface area contributed by atoms with Crippen LogP contribution in [-0.4, -0.2) is 65.2 Å². The van der Waals surface area contributed by atoms with Gasteiger partial charge in [-0.1, -0.05) is 0 Å². The second kappa shape index (κ2) is 5.92. The van der Waals surface area contributed by atoms with Crippen LogP contribution in [0, 0.1) is 0 Å². The van der Waals surface area contributed by atoms with Crippen LogP contribution in [0.4, 0.5) is 65.9 Å². The van der Waals surface area contributed by atoms with Gasteiger partial charge in [0.05, 0.1) is 7.11 Å². The number of halogens is 15. The van der Waals surface area contributed by atoms with E-state index in [1.54, 1.807) is 0 Å². The standard InChI is InChI=1S/C9H3F15N2O2/c1-28-2(27)3(10,4(11,12)13)5(14,15)25-6(16,17)8(20,21)26(24)9(22,23)7(25,18)19/h1H3. The Morgan fingerprint density at radius 1 is 0.750 bits per heavy atom. The molecule has 0 amide bonds. The summed E-state index contributed by atoms with van der Waals surface area (Å²) in [6, 6.07) is -37.9. The zero-order valence-electron chi connectivity index (χ0n) is 12.4. The van der Waals surface area contributed by atoms with E-state index in [1.807, 2.05) is 0 Å². The van der Waals surface area contributed by atoms with Gasteiger partial charge in [-0.05, 0) is 5.12 Å². The van der Waals surface area contributed by atoms with E-state index in [1.165, 1.54) is 0 Å². The summed E-state index contributed by atoms with van der Waals surface area (Å²) in [7, 11) is -0.294. The fraction of sp³-hybridized carbons (Fsp3) is 0.889. The van der Waals surface area contributed by atoms with Crippen molar-refractivity contribution in [3.63, 3.8) is 0 Å². The Balaban J connectivity index is 3.97. The van der Waals surface area contributed by atoms with Crippen molar-refractivity contribution in [1.29, 1.82) is 0 Å². The molecule has 1 heterocycles. The first-order chi connectivity index (χ1) is 12.0. The van der Waals surface area contributed by atoms with Gasteiger partial charge in [0.2, 0.25) is 0 Å². The minimum Gasteiger partial charge on any atom is -0.466 e. The first kappa shape index (κ1) is 24.4. The monoisotopic (exact) mass is 456 g/mol. The van der Waals surface area contributed by atoms with E-state index in [2.05, 4.69) is 4.74 Å². The van der Waals surface area contributed by atoms with Crippen molar-refractivity contribution in [2.45, 2.75) is 42.1 Å². The number of piperazine rings is 1. The van der Waals surface area contributed by atoms with E-state index in [-0.39, 0.29) is 7.11 Å². The number of alkyl halides is 14. The maximum absolute atomic E-state index is 13.9. The average molecular weight is 456 g/mol. The zero-order chi connectivity index (χ0) is 22.9. The SMILES string of the molecule is COC(=O)C(F)(C(F)(F)F)C(F)(F)N1C(F)(F)C(F)(F)N(F)C(F)(F)C1(F)F. The lowest BCUT2D eigenvalue weighted by Gasteiger charge is -2.53. The van der Waals surface area contributed by atoms with E-state index in [4.69, 9.17) is 0 Å². The van der Waals surface area contributed by atoms with Crippen molar-refractivity contribution >= 4 is 5.97 Å². The summed E-state index contributed by atoms with van der Waals surface area (Å²) in [6.45, 7) is 0. The molecule has 0 aromatic heterocycles. The average Bonchev–Trinajstić information content (AvgIpc) is 2.48. The highest BCUT2D eigenvalue weighted by Crippen LogP contribution is 2.63. The number of hydrogen-bond donors (Lipinski definition) is 0. The largest absolute Gasteiger partial charge is 0.466 e. The highest BCUT2D eigenvalue weighted by molar-refractivity contribution is 5.82. The van der Waals surface area contributed by atoms with Crippen molar-refractivity contribution in [1.82, 2.24) is 10.0 Å². The molecule has 1 saturated heterocycles. The van der Waals surface area contributed by atoms with Crippen LogP contribution >= 0.6 is 0 Å². The third kappa shape index (κ3) is 2.53. The summed E-state index contributed by atoms with van der Waals surface area (Å²) in [6.07, 6.45) is -7.45. The van der Waals surface area contributed by atoms with Crippen LogP contribution in [0.2, 0.25) is 0 Å². The number of methoxy groups -OCH3 is 1. The van der Waals surface area contributed by atoms with Crippen molar-refractivity contribution in [3.8, 4) is 0 Å². The second-order valence-corrected chi connectivity index (χ2v) is 4.97. The summed E-state index contributed by atoms with van der Waals surface area (Å²) < 4.78 is 201. The molecule has 1 aliphatic rings. The summed E-state index contributed by atoms with van der Waals surface area (Å²) in [5, 5.41) is -3.89. The van der Waals surface area contributed by atoms with E-state index < -0.39 is 58.1 Å². The Morgan fingerprint density at radius 2 is 1.07 bits per heavy atom. The molecule has 0 aromatic rings. The van der Waals surface area contributed by atoms with E-state index >= 15 is 0 Å². The number of carbonyl (C=O) groups excluding carboxylic acids is 1. The predicted molar refractivity (Wildman–Crippen MR) is 51.4 cm³/mol. The van der Waals surface area contributed by atoms with E-state index in [0.29, 0.717) is 0 Å². The van der Waals surface area contributed by atoms with Crippen LogP contribution < -0.4 is 0 Å². The van der Waals surface area contributed by atoms with Gasteiger partial charge in [-0.2, -0.15) is 57.1 Å². The minimum atomic E-state index is -7.89. The topological polar surface area (TPSA) is 32.8 Å². The Morgan fingerprint density at radius 3 is 1.32 bits per heavy atom. The Kier molecular flexibility index (Phi) is 5.16. The van der Waals surface area contributed by atoms with Crippen LogP contribution in [-0.2, 0) is 9.53 Å². The van der Waals surface area contributed by atoms with Gasteiger partial charge < -0.3 is 4.74 Å². The quantitative estimate of drug-likeness (QED) is 0.279. The Hall–Kier alpha value is -1.66. The maximum Gasteiger partial charge on any atom is 0.441 e. The van der Waals surface area contributed by atoms with Crippen molar-refractivity contribution in [2.75, 3.05) is 7.11 Å². The normalized spacial score (nSPS) is 27.1. The van der Waals surface area contributed by atoms with Gasteiger partial charge in [-0.15, -0.1) is 9.38 Å². The van der Waals surface area contributed by atoms with E-state index in [9.17, 15) is 70.7 Å². The van der Waals surface area contributed by atoms with Crippen LogP contribution in [0.5, 0.6) is 0 Å². The smallest absolute Gasteiger partial charge is 0.441 e. The van der Waals surface area contributed by atoms with Crippen LogP contribution in [0.3, 0.4) is 0 Å². The van der Waals surface area contributed by atoms with Gasteiger partial charge in [0.25, 0.3) is 0 Å². The van der Waals surface area contributed by atoms with Crippen molar-refractivity contribution in [2.24, 2.45) is 0 Å². The molecule has 0 spiro atoms. The highest BCUT2D eigenvalue weighted by Gasteiger charge is 2.94. The molecule has 19 heteroatoms. The minimum absolute atomic E-state index is 0.294. The highest BCUT2D eigenvalue weighted by atomic mass is 19.4. The first-order valence-electron chi connectivity index (χ1n) is 6.00. The lowest BCUT2D eigenvalue weighted by molar-refractivity contribution is -0.572. The van der Waals surface area contributed by atoms with Crippen LogP contribution in [0.25, 0.3) is 0 Å². The summed E-state index contributed by atoms with van der Waals surface area (Å²) in [5.41, 5.74) is -7.30. The molecule has 0 aliphatic carbocycles. The molecule has 4 nitrogen and oxygen atoms in total. The van der Waals surface area contributed by atoms with Gasteiger partial charge in [0.1, 0.15) is 0 Å². The third-order valence-corrected chi connectivity index (χ3v) is 3.33. The summed E-state index contributed by atoms with van der Waals surface area (Å²) in [4.78, 5) is 6.59. The van der Waals surface area contributed by atoms with Gasteiger partial charge in [-0.3, -0.25) is 0 Å². The van der Waals surface area contributed by atoms with Crippen LogP contribution in [0.1, 0.15) is 0 Å². The molecule has 0 saturated carbocycles. The molecule has 166 valence electrons. The molecule has 0 bridgehead atoms. The molecule has 1 atom stereocenters. The Labute approximate surface area is 142 Å². The van der Waals surface area contributed by atoms with Gasteiger partial charge in [-0.25, -0.2) is 9.18 Å². The number of carbonyl (C=O) groups is 1. The molecule has 1 aliphatic heterocycles. The lowest BCUT2D eigenvalue weighted by atomic mass is 9.99. The molecule has 28 heavy (non-hydrogen) atoms. The molecule has 0 aromatic carbocycles. The van der Waals surface area contributed by atoms with E-state index in [0.717, 1.165) is 0 Å². The number of hydrogen-bond acceptors (Lipinski definition) is 4. The van der Waals surface area contributed by atoms with Crippen LogP contribution in [0.15, 0.2) is 0 Å². The fourth-order valence-electron chi connectivity index (χ4n) is 1.91. The van der Waals surface area contributed by atoms with Crippen molar-refractivity contribution < 1.29 is 75.5 Å². The number of esters is 1. The zero-order valence-corrected chi connectivity index (χ0v) is 12.4. The fourth-order valence-corrected chi connectivity index (χ4v) is 1.91. The molecule has 1 fully saturated rings. The Bertz CT molecular complexity index is 618. The molecule has 1 unspecified atom stereocenters. The van der Waals surface area contributed by atoms with Gasteiger partial charge in [0.15, 0.2) is 0 Å². The molecule has 0 radical (unpaired) electrons. The number of rotatable bonds is 3. The molecular weight excluding hydrogens is 453 g/mol.